The minimum absolute atomic E-state index is 0.724. The van der Waals surface area contributed by atoms with E-state index in [-0.39, 0.29) is 0 Å². The van der Waals surface area contributed by atoms with E-state index in [0.29, 0.717) is 0 Å². The fourth-order valence-corrected chi connectivity index (χ4v) is 3.72. The summed E-state index contributed by atoms with van der Waals surface area (Å²) < 4.78 is 0. The van der Waals surface area contributed by atoms with Crippen LogP contribution >= 0.6 is 0 Å². The number of nitrogens with zero attached hydrogens (tertiary/aromatic N) is 1. The Morgan fingerprint density at radius 2 is 1.55 bits per heavy atom. The van der Waals surface area contributed by atoms with Gasteiger partial charge < -0.3 is 0 Å². The quantitative estimate of drug-likeness (QED) is 0.567. The standard InChI is InChI=1S/C21H21N/c1-3-8-16(9-4-1)18-12-7-13-21-19(18)14-15-20(22-21)17-10-5-2-6-11-17/h2,5-7,10-16H,1,3-4,8-9H2. The van der Waals surface area contributed by atoms with Crippen molar-refractivity contribution in [3.8, 4) is 11.3 Å². The summed E-state index contributed by atoms with van der Waals surface area (Å²) in [6, 6.07) is 21.5. The first-order valence-corrected chi connectivity index (χ1v) is 8.37. The van der Waals surface area contributed by atoms with E-state index in [1.165, 1.54) is 48.6 Å². The molecule has 0 amide bonds. The molecule has 0 atom stereocenters. The molecule has 0 bridgehead atoms. The normalized spacial score (nSPS) is 16.0. The van der Waals surface area contributed by atoms with Crippen LogP contribution < -0.4 is 0 Å². The van der Waals surface area contributed by atoms with E-state index >= 15 is 0 Å². The van der Waals surface area contributed by atoms with Crippen molar-refractivity contribution < 1.29 is 0 Å². The second-order valence-corrected chi connectivity index (χ2v) is 6.31. The first kappa shape index (κ1) is 13.5. The van der Waals surface area contributed by atoms with Crippen LogP contribution in [0.15, 0.2) is 60.7 Å². The van der Waals surface area contributed by atoms with Crippen molar-refractivity contribution in [1.29, 1.82) is 0 Å². The number of pyridine rings is 1. The number of hydrogen-bond donors (Lipinski definition) is 0. The molecule has 0 saturated heterocycles. The first-order chi connectivity index (χ1) is 10.9. The minimum Gasteiger partial charge on any atom is -0.248 e. The van der Waals surface area contributed by atoms with Gasteiger partial charge in [0.2, 0.25) is 0 Å². The predicted molar refractivity (Wildman–Crippen MR) is 93.0 cm³/mol. The van der Waals surface area contributed by atoms with Crippen molar-refractivity contribution in [2.24, 2.45) is 0 Å². The largest absolute Gasteiger partial charge is 0.248 e. The summed E-state index contributed by atoms with van der Waals surface area (Å²) in [6.45, 7) is 0. The fraction of sp³-hybridized carbons (Fsp3) is 0.286. The number of fused-ring (bicyclic) bond motifs is 1. The lowest BCUT2D eigenvalue weighted by atomic mass is 9.82. The van der Waals surface area contributed by atoms with E-state index in [9.17, 15) is 0 Å². The van der Waals surface area contributed by atoms with Gasteiger partial charge in [-0.15, -0.1) is 0 Å². The molecule has 0 spiro atoms. The zero-order chi connectivity index (χ0) is 14.8. The van der Waals surface area contributed by atoms with Crippen LogP contribution in [0, 0.1) is 0 Å². The Hall–Kier alpha value is -2.15. The highest BCUT2D eigenvalue weighted by molar-refractivity contribution is 5.85. The third-order valence-electron chi connectivity index (χ3n) is 4.88. The fourth-order valence-electron chi connectivity index (χ4n) is 3.72. The van der Waals surface area contributed by atoms with E-state index < -0.39 is 0 Å². The van der Waals surface area contributed by atoms with Crippen LogP contribution in [0.2, 0.25) is 0 Å². The third-order valence-corrected chi connectivity index (χ3v) is 4.88. The zero-order valence-electron chi connectivity index (χ0n) is 12.8. The minimum atomic E-state index is 0.724. The molecule has 110 valence electrons. The molecule has 1 nitrogen and oxygen atoms in total. The number of benzene rings is 2. The Kier molecular flexibility index (Phi) is 3.64. The summed E-state index contributed by atoms with van der Waals surface area (Å²) in [4.78, 5) is 4.90. The van der Waals surface area contributed by atoms with Gasteiger partial charge in [-0.05, 0) is 36.5 Å². The van der Waals surface area contributed by atoms with Gasteiger partial charge in [0.15, 0.2) is 0 Å². The summed E-state index contributed by atoms with van der Waals surface area (Å²) in [6.07, 6.45) is 6.81. The third kappa shape index (κ3) is 2.52. The van der Waals surface area contributed by atoms with Crippen molar-refractivity contribution in [2.45, 2.75) is 38.0 Å². The topological polar surface area (TPSA) is 12.9 Å². The molecule has 0 radical (unpaired) electrons. The lowest BCUT2D eigenvalue weighted by Gasteiger charge is -2.23. The summed E-state index contributed by atoms with van der Waals surface area (Å²) in [5.74, 6) is 0.724. The van der Waals surface area contributed by atoms with Crippen LogP contribution in [0.5, 0.6) is 0 Å². The summed E-state index contributed by atoms with van der Waals surface area (Å²) in [5, 5.41) is 1.34. The molecule has 0 aliphatic heterocycles. The van der Waals surface area contributed by atoms with Gasteiger partial charge in [0, 0.05) is 10.9 Å². The lowest BCUT2D eigenvalue weighted by molar-refractivity contribution is 0.445. The molecule has 4 rings (SSSR count). The van der Waals surface area contributed by atoms with E-state index in [1.54, 1.807) is 0 Å². The van der Waals surface area contributed by atoms with Gasteiger partial charge in [-0.25, -0.2) is 4.98 Å². The molecule has 1 aliphatic carbocycles. The van der Waals surface area contributed by atoms with Gasteiger partial charge in [-0.1, -0.05) is 67.8 Å². The predicted octanol–water partition coefficient (Wildman–Crippen LogP) is 5.95. The molecule has 1 saturated carbocycles. The van der Waals surface area contributed by atoms with Crippen LogP contribution in [0.3, 0.4) is 0 Å². The zero-order valence-corrected chi connectivity index (χ0v) is 12.8. The molecule has 2 aromatic carbocycles. The Bertz CT molecular complexity index is 770. The number of aromatic nitrogens is 1. The van der Waals surface area contributed by atoms with E-state index in [0.717, 1.165) is 17.1 Å². The van der Waals surface area contributed by atoms with Gasteiger partial charge in [-0.2, -0.15) is 0 Å². The Morgan fingerprint density at radius 3 is 2.36 bits per heavy atom. The lowest BCUT2D eigenvalue weighted by Crippen LogP contribution is -2.05. The molecule has 1 aliphatic rings. The number of hydrogen-bond acceptors (Lipinski definition) is 1. The van der Waals surface area contributed by atoms with E-state index in [1.807, 2.05) is 6.07 Å². The van der Waals surface area contributed by atoms with Crippen molar-refractivity contribution >= 4 is 10.9 Å². The van der Waals surface area contributed by atoms with Crippen LogP contribution in [0.1, 0.15) is 43.6 Å². The van der Waals surface area contributed by atoms with Gasteiger partial charge in [0.25, 0.3) is 0 Å². The molecule has 1 aromatic heterocycles. The molecule has 0 N–H and O–H groups in total. The molecule has 1 fully saturated rings. The van der Waals surface area contributed by atoms with Gasteiger partial charge in [0.1, 0.15) is 0 Å². The van der Waals surface area contributed by atoms with Crippen LogP contribution in [-0.4, -0.2) is 4.98 Å². The molecule has 1 heteroatoms. The molecular weight excluding hydrogens is 266 g/mol. The van der Waals surface area contributed by atoms with Crippen LogP contribution in [0.25, 0.3) is 22.2 Å². The van der Waals surface area contributed by atoms with Crippen LogP contribution in [0.4, 0.5) is 0 Å². The van der Waals surface area contributed by atoms with Crippen molar-refractivity contribution in [1.82, 2.24) is 4.98 Å². The Morgan fingerprint density at radius 1 is 0.727 bits per heavy atom. The maximum absolute atomic E-state index is 4.90. The average Bonchev–Trinajstić information content (AvgIpc) is 2.62. The Labute approximate surface area is 132 Å². The highest BCUT2D eigenvalue weighted by Crippen LogP contribution is 2.36. The highest BCUT2D eigenvalue weighted by atomic mass is 14.7. The second-order valence-electron chi connectivity index (χ2n) is 6.31. The van der Waals surface area contributed by atoms with Crippen molar-refractivity contribution in [2.75, 3.05) is 0 Å². The van der Waals surface area contributed by atoms with Crippen molar-refractivity contribution in [3.63, 3.8) is 0 Å². The average molecular weight is 287 g/mol. The SMILES string of the molecule is c1ccc(-c2ccc3c(C4CCCCC4)cccc3n2)cc1. The molecule has 22 heavy (non-hydrogen) atoms. The summed E-state index contributed by atoms with van der Waals surface area (Å²) in [7, 11) is 0. The highest BCUT2D eigenvalue weighted by Gasteiger charge is 2.17. The van der Waals surface area contributed by atoms with Gasteiger partial charge >= 0.3 is 0 Å². The van der Waals surface area contributed by atoms with Gasteiger partial charge in [0.05, 0.1) is 11.2 Å². The smallest absolute Gasteiger partial charge is 0.0712 e. The molecule has 3 aromatic rings. The second kappa shape index (κ2) is 5.92. The maximum Gasteiger partial charge on any atom is 0.0712 e. The van der Waals surface area contributed by atoms with Gasteiger partial charge in [-0.3, -0.25) is 0 Å². The van der Waals surface area contributed by atoms with Crippen molar-refractivity contribution in [3.05, 3.63) is 66.2 Å². The van der Waals surface area contributed by atoms with E-state index in [2.05, 4.69) is 54.6 Å². The summed E-state index contributed by atoms with van der Waals surface area (Å²) in [5.41, 5.74) is 4.88. The molecule has 0 unspecified atom stereocenters. The monoisotopic (exact) mass is 287 g/mol. The Balaban J connectivity index is 1.78. The number of rotatable bonds is 2. The first-order valence-electron chi connectivity index (χ1n) is 8.37. The molecular formula is C21H21N. The van der Waals surface area contributed by atoms with Crippen LogP contribution in [-0.2, 0) is 0 Å². The van der Waals surface area contributed by atoms with E-state index in [4.69, 9.17) is 4.98 Å². The molecule has 1 heterocycles. The maximum atomic E-state index is 4.90. The summed E-state index contributed by atoms with van der Waals surface area (Å²) >= 11 is 0.